The third-order valence-corrected chi connectivity index (χ3v) is 7.79. The van der Waals surface area contributed by atoms with E-state index in [-0.39, 0.29) is 23.8 Å². The monoisotopic (exact) mass is 463 g/mol. The molecule has 1 heterocycles. The molecule has 1 amide bonds. The summed E-state index contributed by atoms with van der Waals surface area (Å²) in [5.74, 6) is 0.0934. The van der Waals surface area contributed by atoms with Gasteiger partial charge >= 0.3 is 5.97 Å². The van der Waals surface area contributed by atoms with Crippen molar-refractivity contribution in [2.24, 2.45) is 17.8 Å². The highest BCUT2D eigenvalue weighted by molar-refractivity contribution is 5.94. The van der Waals surface area contributed by atoms with Crippen LogP contribution in [0, 0.1) is 17.8 Å². The van der Waals surface area contributed by atoms with Crippen LogP contribution in [0.25, 0.3) is 0 Å². The molecular formula is C28H37N3O3. The van der Waals surface area contributed by atoms with Gasteiger partial charge in [0.05, 0.1) is 12.5 Å². The Balaban J connectivity index is 1.40. The van der Waals surface area contributed by atoms with Gasteiger partial charge in [-0.3, -0.25) is 14.3 Å². The van der Waals surface area contributed by atoms with Crippen LogP contribution in [0.15, 0.2) is 30.3 Å². The second-order valence-electron chi connectivity index (χ2n) is 11.4. The zero-order valence-corrected chi connectivity index (χ0v) is 20.7. The van der Waals surface area contributed by atoms with E-state index in [1.807, 2.05) is 43.7 Å². The van der Waals surface area contributed by atoms with Gasteiger partial charge in [0.2, 0.25) is 0 Å². The lowest BCUT2D eigenvalue weighted by molar-refractivity contribution is -0.162. The third kappa shape index (κ3) is 4.64. The Morgan fingerprint density at radius 1 is 1.06 bits per heavy atom. The quantitative estimate of drug-likeness (QED) is 0.516. The Bertz CT molecular complexity index is 1050. The second-order valence-corrected chi connectivity index (χ2v) is 11.4. The van der Waals surface area contributed by atoms with Crippen LogP contribution in [-0.4, -0.2) is 33.3 Å². The highest BCUT2D eigenvalue weighted by Crippen LogP contribution is 2.49. The molecule has 34 heavy (non-hydrogen) atoms. The average Bonchev–Trinajstić information content (AvgIpc) is 3.42. The van der Waals surface area contributed by atoms with E-state index in [2.05, 4.69) is 17.4 Å². The summed E-state index contributed by atoms with van der Waals surface area (Å²) in [5, 5.41) is 8.13. The summed E-state index contributed by atoms with van der Waals surface area (Å²) in [6, 6.07) is 10.1. The molecule has 3 aliphatic rings. The van der Waals surface area contributed by atoms with Gasteiger partial charge in [0.1, 0.15) is 5.60 Å². The Morgan fingerprint density at radius 3 is 2.56 bits per heavy atom. The van der Waals surface area contributed by atoms with E-state index >= 15 is 0 Å². The lowest BCUT2D eigenvalue weighted by Gasteiger charge is -2.32. The fourth-order valence-corrected chi connectivity index (χ4v) is 6.34. The topological polar surface area (TPSA) is 73.2 Å². The lowest BCUT2D eigenvalue weighted by atomic mass is 9.84. The number of carbonyl (C=O) groups excluding carboxylic acids is 2. The van der Waals surface area contributed by atoms with Crippen molar-refractivity contribution in [2.45, 2.75) is 90.3 Å². The fourth-order valence-electron chi connectivity index (χ4n) is 6.34. The molecule has 1 aromatic carbocycles. The lowest BCUT2D eigenvalue weighted by Crippen LogP contribution is -2.48. The summed E-state index contributed by atoms with van der Waals surface area (Å²) in [6.45, 7) is 6.38. The third-order valence-electron chi connectivity index (χ3n) is 7.79. The molecule has 0 spiro atoms. The number of aromatic nitrogens is 2. The van der Waals surface area contributed by atoms with Crippen LogP contribution in [0.5, 0.6) is 0 Å². The number of nitrogens with one attached hydrogen (secondary N) is 1. The molecule has 1 N–H and O–H groups in total. The van der Waals surface area contributed by atoms with Crippen LogP contribution in [-0.2, 0) is 28.9 Å². The molecule has 2 bridgehead atoms. The SMILES string of the molecule is CC(C)(C)OC(=O)[C@H]1C2CCC(C2)[C@H]1NC(=O)c1nn(Cc2ccccc2)c2c1CCCCC2. The summed E-state index contributed by atoms with van der Waals surface area (Å²) < 4.78 is 7.80. The molecule has 2 fully saturated rings. The molecule has 2 unspecified atom stereocenters. The average molecular weight is 464 g/mol. The minimum Gasteiger partial charge on any atom is -0.460 e. The van der Waals surface area contributed by atoms with E-state index in [4.69, 9.17) is 9.84 Å². The molecule has 4 atom stereocenters. The van der Waals surface area contributed by atoms with Crippen molar-refractivity contribution < 1.29 is 14.3 Å². The van der Waals surface area contributed by atoms with E-state index in [1.54, 1.807) is 0 Å². The molecule has 6 nitrogen and oxygen atoms in total. The van der Waals surface area contributed by atoms with Crippen molar-refractivity contribution in [3.63, 3.8) is 0 Å². The molecule has 2 aromatic rings. The maximum Gasteiger partial charge on any atom is 0.311 e. The second kappa shape index (κ2) is 9.20. The Kier molecular flexibility index (Phi) is 6.26. The van der Waals surface area contributed by atoms with Gasteiger partial charge < -0.3 is 10.1 Å². The van der Waals surface area contributed by atoms with Crippen LogP contribution >= 0.6 is 0 Å². The maximum atomic E-state index is 13.6. The highest BCUT2D eigenvalue weighted by atomic mass is 16.6. The van der Waals surface area contributed by atoms with Crippen LogP contribution in [0.4, 0.5) is 0 Å². The van der Waals surface area contributed by atoms with E-state index in [9.17, 15) is 9.59 Å². The molecule has 182 valence electrons. The fraction of sp³-hybridized carbons (Fsp3) is 0.607. The number of nitrogens with zero attached hydrogens (tertiary/aromatic N) is 2. The molecule has 0 aliphatic heterocycles. The number of esters is 1. The predicted octanol–water partition coefficient (Wildman–Crippen LogP) is 4.69. The molecule has 0 saturated heterocycles. The van der Waals surface area contributed by atoms with Gasteiger partial charge in [-0.1, -0.05) is 36.8 Å². The van der Waals surface area contributed by atoms with E-state index < -0.39 is 5.60 Å². The first-order chi connectivity index (χ1) is 16.3. The van der Waals surface area contributed by atoms with Crippen LogP contribution in [0.1, 0.15) is 86.6 Å². The van der Waals surface area contributed by atoms with Crippen molar-refractivity contribution in [1.29, 1.82) is 0 Å². The molecule has 6 heteroatoms. The first-order valence-corrected chi connectivity index (χ1v) is 13.0. The summed E-state index contributed by atoms with van der Waals surface area (Å²) in [5.41, 5.74) is 3.51. The van der Waals surface area contributed by atoms with E-state index in [0.717, 1.165) is 50.5 Å². The molecule has 2 saturated carbocycles. The molecule has 5 rings (SSSR count). The van der Waals surface area contributed by atoms with Crippen molar-refractivity contribution in [3.05, 3.63) is 52.8 Å². The number of carbonyl (C=O) groups is 2. The van der Waals surface area contributed by atoms with Crippen molar-refractivity contribution in [2.75, 3.05) is 0 Å². The smallest absolute Gasteiger partial charge is 0.311 e. The number of hydrogen-bond donors (Lipinski definition) is 1. The van der Waals surface area contributed by atoms with E-state index in [1.165, 1.54) is 17.7 Å². The number of amides is 1. The molecule has 1 aromatic heterocycles. The number of ether oxygens (including phenoxy) is 1. The summed E-state index contributed by atoms with van der Waals surface area (Å²) in [6.07, 6.45) is 8.33. The van der Waals surface area contributed by atoms with Crippen LogP contribution in [0.2, 0.25) is 0 Å². The summed E-state index contributed by atoms with van der Waals surface area (Å²) >= 11 is 0. The summed E-state index contributed by atoms with van der Waals surface area (Å²) in [7, 11) is 0. The van der Waals surface area contributed by atoms with Gasteiger partial charge in [-0.25, -0.2) is 0 Å². The molecule has 3 aliphatic carbocycles. The Hall–Kier alpha value is -2.63. The first kappa shape index (κ1) is 23.1. The van der Waals surface area contributed by atoms with Gasteiger partial charge in [-0.2, -0.15) is 5.10 Å². The highest BCUT2D eigenvalue weighted by Gasteiger charge is 2.53. The van der Waals surface area contributed by atoms with Crippen molar-refractivity contribution in [1.82, 2.24) is 15.1 Å². The minimum atomic E-state index is -0.527. The van der Waals surface area contributed by atoms with Gasteiger partial charge in [0, 0.05) is 17.3 Å². The normalized spacial score (nSPS) is 26.1. The minimum absolute atomic E-state index is 0.129. The summed E-state index contributed by atoms with van der Waals surface area (Å²) in [4.78, 5) is 26.7. The Morgan fingerprint density at radius 2 is 1.79 bits per heavy atom. The largest absolute Gasteiger partial charge is 0.460 e. The first-order valence-electron chi connectivity index (χ1n) is 13.0. The van der Waals surface area contributed by atoms with Crippen molar-refractivity contribution in [3.8, 4) is 0 Å². The number of benzene rings is 1. The van der Waals surface area contributed by atoms with Gasteiger partial charge in [-0.15, -0.1) is 0 Å². The van der Waals surface area contributed by atoms with Gasteiger partial charge in [0.15, 0.2) is 5.69 Å². The number of fused-ring (bicyclic) bond motifs is 3. The van der Waals surface area contributed by atoms with Gasteiger partial charge in [0.25, 0.3) is 5.91 Å². The zero-order valence-electron chi connectivity index (χ0n) is 20.7. The molecular weight excluding hydrogens is 426 g/mol. The number of hydrogen-bond acceptors (Lipinski definition) is 4. The van der Waals surface area contributed by atoms with Crippen molar-refractivity contribution >= 4 is 11.9 Å². The van der Waals surface area contributed by atoms with Crippen LogP contribution in [0.3, 0.4) is 0 Å². The van der Waals surface area contributed by atoms with E-state index in [0.29, 0.717) is 24.1 Å². The van der Waals surface area contributed by atoms with Gasteiger partial charge in [-0.05, 0) is 83.1 Å². The zero-order chi connectivity index (χ0) is 23.9. The predicted molar refractivity (Wildman–Crippen MR) is 130 cm³/mol. The Labute approximate surface area is 202 Å². The maximum absolute atomic E-state index is 13.6. The molecule has 0 radical (unpaired) electrons. The van der Waals surface area contributed by atoms with Crippen LogP contribution < -0.4 is 5.32 Å². The number of rotatable bonds is 5. The standard InChI is InChI=1S/C28H37N3O3/c1-28(2,3)34-27(33)23-19-14-15-20(16-19)24(23)29-26(32)25-21-12-8-5-9-13-22(21)31(30-25)17-18-10-6-4-7-11-18/h4,6-7,10-11,19-20,23-24H,5,8-9,12-17H2,1-3H3,(H,29,32)/t19?,20?,23-,24+/m0/s1.